The van der Waals surface area contributed by atoms with Crippen LogP contribution in [0, 0.1) is 0 Å². The fourth-order valence-electron chi connectivity index (χ4n) is 0. The van der Waals surface area contributed by atoms with Crippen LogP contribution in [-0.4, -0.2) is 78.5 Å². The van der Waals surface area contributed by atoms with E-state index in [1.807, 2.05) is 0 Å². The van der Waals surface area contributed by atoms with Crippen molar-refractivity contribution in [2.45, 2.75) is 0 Å². The monoisotopic (exact) mass is 848 g/mol. The van der Waals surface area contributed by atoms with E-state index in [4.69, 9.17) is 29.0 Å². The topological polar surface area (TPSA) is 172 Å². The summed E-state index contributed by atoms with van der Waals surface area (Å²) in [5.41, 5.74) is 0. The molecule has 0 aromatic carbocycles. The first kappa shape index (κ1) is 27.2. The van der Waals surface area contributed by atoms with E-state index in [1.165, 1.54) is 0 Å². The number of hydrogen-bond donors (Lipinski definition) is 0. The zero-order chi connectivity index (χ0) is 13.5. The van der Waals surface area contributed by atoms with Crippen LogP contribution in [0.25, 0.3) is 0 Å². The molecule has 0 aromatic rings. The van der Waals surface area contributed by atoms with E-state index in [0.717, 1.165) is 0 Å². The van der Waals surface area contributed by atoms with E-state index in [9.17, 15) is 0 Å². The number of rotatable bonds is 0. The Labute approximate surface area is 132 Å². The van der Waals surface area contributed by atoms with Gasteiger partial charge in [-0.05, 0) is 0 Å². The van der Waals surface area contributed by atoms with Gasteiger partial charge in [0.25, 0.3) is 0 Å². The predicted molar refractivity (Wildman–Crippen MR) is 44.7 cm³/mol. The van der Waals surface area contributed by atoms with Crippen LogP contribution in [0.2, 0.25) is 0 Å². The van der Waals surface area contributed by atoms with Crippen LogP contribution < -0.4 is 10.4 Å². The summed E-state index contributed by atoms with van der Waals surface area (Å²) >= 11 is -15.9. The van der Waals surface area contributed by atoms with Crippen molar-refractivity contribution in [2.75, 3.05) is 0 Å². The van der Waals surface area contributed by atoms with Crippen LogP contribution in [0.4, 0.5) is 0 Å². The summed E-state index contributed by atoms with van der Waals surface area (Å²) in [6.07, 6.45) is 0. The quantitative estimate of drug-likeness (QED) is 0.223. The Balaban J connectivity index is -0.0000000655. The Morgan fingerprint density at radius 1 is 0.562 bits per heavy atom. The molecule has 2 radical (unpaired) electrons. The van der Waals surface area contributed by atoms with E-state index < -0.39 is 52.3 Å². The molecule has 0 saturated heterocycles. The van der Waals surface area contributed by atoms with Gasteiger partial charge in [-0.1, -0.05) is 0 Å². The van der Waals surface area contributed by atoms with Gasteiger partial charge >= 0.3 is 134 Å². The van der Waals surface area contributed by atoms with E-state index in [2.05, 4.69) is 26.9 Å². The largest absolute Gasteiger partial charge is 3.00 e. The van der Waals surface area contributed by atoms with E-state index >= 15 is 0 Å². The van der Waals surface area contributed by atoms with Gasteiger partial charge in [0.05, 0.1) is 0 Å². The summed E-state index contributed by atoms with van der Waals surface area (Å²) in [6.45, 7) is 0. The van der Waals surface area contributed by atoms with Gasteiger partial charge in [-0.15, -0.1) is 0 Å². The van der Waals surface area contributed by atoms with Gasteiger partial charge in [-0.2, -0.15) is 0 Å². The minimum atomic E-state index is -5.30. The fraction of sp³-hybridized carbons (Fsp3) is 0. The molecular formula is BiCl3O9Te3. The third-order valence-corrected chi connectivity index (χ3v) is 0. The summed E-state index contributed by atoms with van der Waals surface area (Å²) in [7, 11) is 12.2. The summed E-state index contributed by atoms with van der Waals surface area (Å²) < 4.78 is 80.5. The second-order valence-corrected chi connectivity index (χ2v) is 15.5. The van der Waals surface area contributed by atoms with E-state index in [1.54, 1.807) is 0 Å². The van der Waals surface area contributed by atoms with Gasteiger partial charge < -0.3 is 0 Å². The van der Waals surface area contributed by atoms with Crippen molar-refractivity contribution >= 4 is 105 Å². The van der Waals surface area contributed by atoms with Crippen LogP contribution >= 0.6 is 26.9 Å². The molecule has 0 aliphatic rings. The van der Waals surface area contributed by atoms with Gasteiger partial charge in [0, 0.05) is 0 Å². The summed E-state index contributed by atoms with van der Waals surface area (Å²) in [5.74, 6) is 0. The maximum atomic E-state index is 8.95. The maximum Gasteiger partial charge on any atom is 3.00 e. The zero-order valence-corrected chi connectivity index (χ0v) is 19.2. The molecule has 0 unspecified atom stereocenters. The number of hydrogen-bond acceptors (Lipinski definition) is 9. The average Bonchev–Trinajstić information content (AvgIpc) is 1.41. The van der Waals surface area contributed by atoms with Gasteiger partial charge in [-0.25, -0.2) is 0 Å². The van der Waals surface area contributed by atoms with Crippen molar-refractivity contribution in [3.8, 4) is 0 Å². The fourth-order valence-corrected chi connectivity index (χ4v) is 0. The molecule has 0 atom stereocenters. The Morgan fingerprint density at radius 2 is 0.562 bits per heavy atom. The van der Waals surface area contributed by atoms with Crippen molar-refractivity contribution in [1.29, 1.82) is 0 Å². The van der Waals surface area contributed by atoms with Crippen molar-refractivity contribution in [2.24, 2.45) is 0 Å². The molecule has 98 valence electrons. The molecule has 0 N–H and O–H groups in total. The first-order chi connectivity index (χ1) is 6.00. The molecule has 0 aliphatic heterocycles. The van der Waals surface area contributed by atoms with Crippen LogP contribution in [0.5, 0.6) is 0 Å². The van der Waals surface area contributed by atoms with Crippen molar-refractivity contribution in [3.63, 3.8) is 0 Å². The van der Waals surface area contributed by atoms with Crippen molar-refractivity contribution < 1.29 is 29.0 Å². The molecule has 16 heavy (non-hydrogen) atoms. The smallest absolute Gasteiger partial charge is 3.00 e. The maximum absolute atomic E-state index is 8.95. The standard InChI is InChI=1S/Bi.3ClHO3Te/c;3*1-5(2,3)4/h;3*(H,2,3,4)/q+3;;;/p-3. The van der Waals surface area contributed by atoms with Gasteiger partial charge in [-0.3, -0.25) is 0 Å². The SMILES string of the molecule is O=[Te](=O)([O-])Cl.O=[Te](=O)([O-])Cl.O=[Te](=O)([O-])Cl.[Bi+3]. The molecule has 0 bridgehead atoms. The average molecular weight is 842 g/mol. The molecule has 0 aliphatic carbocycles. The first-order valence-electron chi connectivity index (χ1n) is 1.96. The molecule has 0 aromatic heterocycles. The molecular weight excluding hydrogens is 842 g/mol. The summed E-state index contributed by atoms with van der Waals surface area (Å²) in [6, 6.07) is 0. The van der Waals surface area contributed by atoms with Crippen LogP contribution in [0.15, 0.2) is 0 Å². The van der Waals surface area contributed by atoms with Gasteiger partial charge in [0.2, 0.25) is 0 Å². The molecule has 0 spiro atoms. The molecule has 0 saturated carbocycles. The van der Waals surface area contributed by atoms with Crippen molar-refractivity contribution in [1.82, 2.24) is 0 Å². The molecule has 0 fully saturated rings. The number of halogens is 3. The molecule has 0 rings (SSSR count). The zero-order valence-electron chi connectivity index (χ0n) is 6.48. The van der Waals surface area contributed by atoms with E-state index in [-0.39, 0.29) is 26.2 Å². The van der Waals surface area contributed by atoms with E-state index in [0.29, 0.717) is 0 Å². The van der Waals surface area contributed by atoms with Gasteiger partial charge in [0.1, 0.15) is 0 Å². The first-order valence-corrected chi connectivity index (χ1v) is 19.4. The summed E-state index contributed by atoms with van der Waals surface area (Å²) in [4.78, 5) is 0. The second-order valence-electron chi connectivity index (χ2n) is 1.18. The van der Waals surface area contributed by atoms with Crippen LogP contribution in [0.1, 0.15) is 0 Å². The van der Waals surface area contributed by atoms with Crippen LogP contribution in [-0.2, 0) is 18.6 Å². The Hall–Kier alpha value is 2.80. The molecule has 9 nitrogen and oxygen atoms in total. The van der Waals surface area contributed by atoms with Crippen molar-refractivity contribution in [3.05, 3.63) is 0 Å². The second kappa shape index (κ2) is 11.6. The third-order valence-electron chi connectivity index (χ3n) is 0. The van der Waals surface area contributed by atoms with Crippen LogP contribution in [0.3, 0.4) is 0 Å². The Bertz CT molecular complexity index is 347. The summed E-state index contributed by atoms with van der Waals surface area (Å²) in [5, 5.41) is 0. The molecule has 0 heterocycles. The minimum absolute atomic E-state index is 0. The molecule has 16 heteroatoms. The normalized spacial score (nSPS) is 10.9. The third kappa shape index (κ3) is 534. The Kier molecular flexibility index (Phi) is 19.7. The Morgan fingerprint density at radius 3 is 0.562 bits per heavy atom. The van der Waals surface area contributed by atoms with Gasteiger partial charge in [0.15, 0.2) is 0 Å². The molecule has 0 amide bonds. The predicted octanol–water partition coefficient (Wildman–Crippen LogP) is -3.73. The minimum Gasteiger partial charge on any atom is 3.00 e.